The number of nitrogens with one attached hydrogen (secondary N) is 1. The Morgan fingerprint density at radius 3 is 2.60 bits per heavy atom. The van der Waals surface area contributed by atoms with Crippen LogP contribution in [0.3, 0.4) is 0 Å². The molecule has 0 spiro atoms. The van der Waals surface area contributed by atoms with Crippen molar-refractivity contribution in [3.63, 3.8) is 0 Å². The lowest BCUT2D eigenvalue weighted by atomic mass is 10.2. The van der Waals surface area contributed by atoms with Crippen LogP contribution < -0.4 is 5.32 Å². The van der Waals surface area contributed by atoms with Crippen molar-refractivity contribution < 1.29 is 0 Å². The molecule has 3 nitrogen and oxygen atoms in total. The molecule has 1 aliphatic rings. The van der Waals surface area contributed by atoms with Gasteiger partial charge in [-0.15, -0.1) is 0 Å². The van der Waals surface area contributed by atoms with Crippen LogP contribution in [0.5, 0.6) is 0 Å². The van der Waals surface area contributed by atoms with Crippen LogP contribution in [0.1, 0.15) is 39.5 Å². The molecule has 0 radical (unpaired) electrons. The highest BCUT2D eigenvalue weighted by molar-refractivity contribution is 4.95. The van der Waals surface area contributed by atoms with Gasteiger partial charge in [-0.25, -0.2) is 0 Å². The Labute approximate surface area is 93.5 Å². The fraction of sp³-hybridized carbons (Fsp3) is 0.917. The molecule has 1 rings (SSSR count). The van der Waals surface area contributed by atoms with Crippen LogP contribution in [-0.2, 0) is 0 Å². The van der Waals surface area contributed by atoms with E-state index in [1.54, 1.807) is 0 Å². The molecule has 1 fully saturated rings. The van der Waals surface area contributed by atoms with Gasteiger partial charge in [0.2, 0.25) is 0 Å². The molecule has 86 valence electrons. The molecule has 3 heteroatoms. The molecule has 0 aromatic rings. The topological polar surface area (TPSA) is 39.1 Å². The Hall–Kier alpha value is -0.590. The molecule has 0 aliphatic heterocycles. The lowest BCUT2D eigenvalue weighted by molar-refractivity contribution is 0.248. The predicted molar refractivity (Wildman–Crippen MR) is 62.6 cm³/mol. The zero-order valence-corrected chi connectivity index (χ0v) is 10.00. The molecule has 0 saturated heterocycles. The van der Waals surface area contributed by atoms with Crippen molar-refractivity contribution in [2.45, 2.75) is 51.6 Å². The summed E-state index contributed by atoms with van der Waals surface area (Å²) in [4.78, 5) is 2.47. The Morgan fingerprint density at radius 1 is 1.40 bits per heavy atom. The number of hydrogen-bond acceptors (Lipinski definition) is 3. The van der Waals surface area contributed by atoms with Crippen LogP contribution in [0.15, 0.2) is 0 Å². The fourth-order valence-corrected chi connectivity index (χ4v) is 1.85. The van der Waals surface area contributed by atoms with Crippen molar-refractivity contribution in [2.24, 2.45) is 0 Å². The van der Waals surface area contributed by atoms with Gasteiger partial charge in [-0.3, -0.25) is 4.90 Å². The van der Waals surface area contributed by atoms with Gasteiger partial charge in [0.1, 0.15) is 6.04 Å². The van der Waals surface area contributed by atoms with Crippen molar-refractivity contribution in [3.05, 3.63) is 0 Å². The summed E-state index contributed by atoms with van der Waals surface area (Å²) in [6, 6.07) is 3.13. The molecular formula is C12H23N3. The smallest absolute Gasteiger partial charge is 0.108 e. The molecule has 1 unspecified atom stereocenters. The summed E-state index contributed by atoms with van der Waals surface area (Å²) in [6.07, 6.45) is 4.93. The van der Waals surface area contributed by atoms with E-state index in [4.69, 9.17) is 5.26 Å². The maximum Gasteiger partial charge on any atom is 0.108 e. The molecule has 1 atom stereocenters. The first-order chi connectivity index (χ1) is 7.31. The average molecular weight is 209 g/mol. The highest BCUT2D eigenvalue weighted by Gasteiger charge is 2.29. The van der Waals surface area contributed by atoms with Gasteiger partial charge in [0.05, 0.1) is 6.07 Å². The lowest BCUT2D eigenvalue weighted by Gasteiger charge is -2.24. The number of hydrogen-bond donors (Lipinski definition) is 1. The van der Waals surface area contributed by atoms with Crippen LogP contribution in [-0.4, -0.2) is 36.6 Å². The van der Waals surface area contributed by atoms with Crippen LogP contribution in [0.25, 0.3) is 0 Å². The van der Waals surface area contributed by atoms with Gasteiger partial charge in [-0.05, 0) is 38.8 Å². The van der Waals surface area contributed by atoms with Crippen molar-refractivity contribution in [1.82, 2.24) is 10.2 Å². The molecule has 0 aromatic carbocycles. The van der Waals surface area contributed by atoms with E-state index in [1.807, 2.05) is 0 Å². The summed E-state index contributed by atoms with van der Waals surface area (Å²) in [6.45, 7) is 7.32. The second-order valence-electron chi connectivity index (χ2n) is 4.36. The first kappa shape index (κ1) is 12.5. The quantitative estimate of drug-likeness (QED) is 0.662. The zero-order chi connectivity index (χ0) is 11.1. The maximum absolute atomic E-state index is 9.03. The molecule has 1 aliphatic carbocycles. The zero-order valence-electron chi connectivity index (χ0n) is 10.00. The van der Waals surface area contributed by atoms with E-state index in [-0.39, 0.29) is 6.04 Å². The van der Waals surface area contributed by atoms with Gasteiger partial charge < -0.3 is 5.32 Å². The molecule has 0 aromatic heterocycles. The second kappa shape index (κ2) is 6.81. The van der Waals surface area contributed by atoms with Crippen LogP contribution in [0.2, 0.25) is 0 Å². The molecule has 0 bridgehead atoms. The van der Waals surface area contributed by atoms with Crippen molar-refractivity contribution in [1.29, 1.82) is 5.26 Å². The highest BCUT2D eigenvalue weighted by atomic mass is 15.2. The minimum Gasteiger partial charge on any atom is -0.301 e. The summed E-state index contributed by atoms with van der Waals surface area (Å²) in [5.74, 6) is 0. The minimum atomic E-state index is 0.0112. The molecule has 0 amide bonds. The van der Waals surface area contributed by atoms with Gasteiger partial charge in [0.15, 0.2) is 0 Å². The Kier molecular flexibility index (Phi) is 5.67. The third kappa shape index (κ3) is 4.63. The van der Waals surface area contributed by atoms with Crippen molar-refractivity contribution in [2.75, 3.05) is 19.6 Å². The average Bonchev–Trinajstić information content (AvgIpc) is 3.06. The van der Waals surface area contributed by atoms with Crippen LogP contribution >= 0.6 is 0 Å². The summed E-state index contributed by atoms with van der Waals surface area (Å²) in [7, 11) is 0. The van der Waals surface area contributed by atoms with Gasteiger partial charge in [0, 0.05) is 12.6 Å². The summed E-state index contributed by atoms with van der Waals surface area (Å²) in [5.41, 5.74) is 0. The van der Waals surface area contributed by atoms with Crippen molar-refractivity contribution >= 4 is 0 Å². The van der Waals surface area contributed by atoms with Gasteiger partial charge in [-0.1, -0.05) is 13.8 Å². The summed E-state index contributed by atoms with van der Waals surface area (Å²) >= 11 is 0. The fourth-order valence-electron chi connectivity index (χ4n) is 1.85. The Balaban J connectivity index is 2.30. The van der Waals surface area contributed by atoms with E-state index >= 15 is 0 Å². The molecule has 0 heterocycles. The monoisotopic (exact) mass is 209 g/mol. The second-order valence-corrected chi connectivity index (χ2v) is 4.36. The number of rotatable bonds is 8. The van der Waals surface area contributed by atoms with Gasteiger partial charge >= 0.3 is 0 Å². The van der Waals surface area contributed by atoms with E-state index in [0.29, 0.717) is 0 Å². The first-order valence-corrected chi connectivity index (χ1v) is 6.18. The lowest BCUT2D eigenvalue weighted by Crippen LogP contribution is -2.41. The van der Waals surface area contributed by atoms with Crippen LogP contribution in [0, 0.1) is 11.3 Å². The van der Waals surface area contributed by atoms with Gasteiger partial charge in [0.25, 0.3) is 0 Å². The summed E-state index contributed by atoms with van der Waals surface area (Å²) < 4.78 is 0. The SMILES string of the molecule is CCCNC(C#N)CN(CCC)C1CC1. The minimum absolute atomic E-state index is 0.0112. The van der Waals surface area contributed by atoms with E-state index in [1.165, 1.54) is 19.3 Å². The molecule has 1 saturated carbocycles. The Morgan fingerprint density at radius 2 is 2.13 bits per heavy atom. The van der Waals surface area contributed by atoms with Crippen LogP contribution in [0.4, 0.5) is 0 Å². The third-order valence-corrected chi connectivity index (χ3v) is 2.79. The maximum atomic E-state index is 9.03. The van der Waals surface area contributed by atoms with E-state index in [2.05, 4.69) is 30.1 Å². The standard InChI is InChI=1S/C12H23N3/c1-3-7-14-11(9-13)10-15(8-4-2)12-5-6-12/h11-12,14H,3-8,10H2,1-2H3. The van der Waals surface area contributed by atoms with E-state index < -0.39 is 0 Å². The number of nitriles is 1. The van der Waals surface area contributed by atoms with Gasteiger partial charge in [-0.2, -0.15) is 5.26 Å². The molecule has 15 heavy (non-hydrogen) atoms. The molecule has 1 N–H and O–H groups in total. The predicted octanol–water partition coefficient (Wildman–Crippen LogP) is 1.75. The van der Waals surface area contributed by atoms with E-state index in [0.717, 1.165) is 32.1 Å². The first-order valence-electron chi connectivity index (χ1n) is 6.18. The highest BCUT2D eigenvalue weighted by Crippen LogP contribution is 2.26. The third-order valence-electron chi connectivity index (χ3n) is 2.79. The van der Waals surface area contributed by atoms with E-state index in [9.17, 15) is 0 Å². The Bertz CT molecular complexity index is 205. The normalized spacial score (nSPS) is 17.7. The van der Waals surface area contributed by atoms with Crippen molar-refractivity contribution in [3.8, 4) is 6.07 Å². The molecular weight excluding hydrogens is 186 g/mol. The largest absolute Gasteiger partial charge is 0.301 e. The number of nitrogens with zero attached hydrogens (tertiary/aromatic N) is 2. The summed E-state index contributed by atoms with van der Waals surface area (Å²) in [5, 5.41) is 12.3.